The van der Waals surface area contributed by atoms with Gasteiger partial charge in [-0.1, -0.05) is 29.3 Å². The zero-order valence-electron chi connectivity index (χ0n) is 15.9. The number of nitrogens with zero attached hydrogens (tertiary/aromatic N) is 5. The van der Waals surface area contributed by atoms with E-state index in [1.54, 1.807) is 24.7 Å². The predicted octanol–water partition coefficient (Wildman–Crippen LogP) is 6.30. The second kappa shape index (κ2) is 6.97. The minimum Gasteiger partial charge on any atom is -0.464 e. The maximum Gasteiger partial charge on any atom is 0.187 e. The summed E-state index contributed by atoms with van der Waals surface area (Å²) in [6, 6.07) is 19.0. The summed E-state index contributed by atoms with van der Waals surface area (Å²) >= 11 is 12.8. The molecule has 0 unspecified atom stereocenters. The van der Waals surface area contributed by atoms with Crippen LogP contribution in [0.2, 0.25) is 10.0 Å². The van der Waals surface area contributed by atoms with Gasteiger partial charge in [-0.25, -0.2) is 4.98 Å². The van der Waals surface area contributed by atoms with Gasteiger partial charge in [0.25, 0.3) is 0 Å². The number of aromatic nitrogens is 5. The van der Waals surface area contributed by atoms with Crippen LogP contribution >= 0.6 is 23.2 Å². The van der Waals surface area contributed by atoms with Crippen molar-refractivity contribution in [1.29, 1.82) is 0 Å². The van der Waals surface area contributed by atoms with Gasteiger partial charge < -0.3 is 4.42 Å². The van der Waals surface area contributed by atoms with Crippen molar-refractivity contribution >= 4 is 39.8 Å². The smallest absolute Gasteiger partial charge is 0.187 e. The molecule has 4 heterocycles. The zero-order chi connectivity index (χ0) is 20.9. The summed E-state index contributed by atoms with van der Waals surface area (Å²) < 4.78 is 9.37. The van der Waals surface area contributed by atoms with Crippen LogP contribution in [0, 0.1) is 0 Å². The molecule has 0 aliphatic rings. The standard InChI is InChI=1S/C23H13Cl2N5O/c24-15-4-6-18(25)17(12-15)21-22(29-9-2-1-3-20(29)27-21)23-28-26-13-30(23)16-5-7-19-14(11-16)8-10-31-19/h1-13H. The molecular formula is C23H13Cl2N5O. The number of hydrogen-bond acceptors (Lipinski definition) is 4. The molecule has 31 heavy (non-hydrogen) atoms. The maximum atomic E-state index is 6.54. The molecule has 2 aromatic carbocycles. The van der Waals surface area contributed by atoms with Gasteiger partial charge in [-0.2, -0.15) is 0 Å². The molecule has 0 bridgehead atoms. The molecule has 0 aliphatic carbocycles. The summed E-state index contributed by atoms with van der Waals surface area (Å²) in [6.45, 7) is 0. The van der Waals surface area contributed by atoms with Gasteiger partial charge in [0.15, 0.2) is 5.82 Å². The van der Waals surface area contributed by atoms with E-state index < -0.39 is 0 Å². The topological polar surface area (TPSA) is 61.1 Å². The highest BCUT2D eigenvalue weighted by Gasteiger charge is 2.23. The number of pyridine rings is 1. The number of benzene rings is 2. The van der Waals surface area contributed by atoms with Gasteiger partial charge in [0.05, 0.1) is 11.3 Å². The first-order valence-electron chi connectivity index (χ1n) is 9.49. The third kappa shape index (κ3) is 2.91. The Morgan fingerprint density at radius 1 is 0.935 bits per heavy atom. The Hall–Kier alpha value is -3.61. The molecule has 0 saturated carbocycles. The molecule has 0 saturated heterocycles. The van der Waals surface area contributed by atoms with Gasteiger partial charge in [-0.05, 0) is 54.6 Å². The summed E-state index contributed by atoms with van der Waals surface area (Å²) in [5, 5.41) is 10.8. The van der Waals surface area contributed by atoms with Crippen LogP contribution in [0.4, 0.5) is 0 Å². The highest BCUT2D eigenvalue weighted by atomic mass is 35.5. The van der Waals surface area contributed by atoms with E-state index >= 15 is 0 Å². The molecule has 0 radical (unpaired) electrons. The van der Waals surface area contributed by atoms with E-state index in [9.17, 15) is 0 Å². The first kappa shape index (κ1) is 18.2. The first-order valence-corrected chi connectivity index (χ1v) is 10.3. The minimum absolute atomic E-state index is 0.555. The van der Waals surface area contributed by atoms with Crippen molar-refractivity contribution in [3.63, 3.8) is 0 Å². The molecule has 0 fully saturated rings. The van der Waals surface area contributed by atoms with Gasteiger partial charge in [-0.3, -0.25) is 8.97 Å². The number of fused-ring (bicyclic) bond motifs is 2. The lowest BCUT2D eigenvalue weighted by atomic mass is 10.1. The van der Waals surface area contributed by atoms with Crippen LogP contribution in [0.5, 0.6) is 0 Å². The van der Waals surface area contributed by atoms with Crippen molar-refractivity contribution in [1.82, 2.24) is 24.1 Å². The van der Waals surface area contributed by atoms with E-state index in [-0.39, 0.29) is 0 Å². The van der Waals surface area contributed by atoms with Crippen molar-refractivity contribution in [2.24, 2.45) is 0 Å². The van der Waals surface area contributed by atoms with E-state index in [1.807, 2.05) is 63.7 Å². The maximum absolute atomic E-state index is 6.54. The predicted molar refractivity (Wildman–Crippen MR) is 121 cm³/mol. The summed E-state index contributed by atoms with van der Waals surface area (Å²) in [5.74, 6) is 0.632. The minimum atomic E-state index is 0.555. The Balaban J connectivity index is 1.64. The molecule has 6 nitrogen and oxygen atoms in total. The van der Waals surface area contributed by atoms with Crippen molar-refractivity contribution in [2.75, 3.05) is 0 Å². The molecule has 0 N–H and O–H groups in total. The van der Waals surface area contributed by atoms with Crippen LogP contribution in [-0.4, -0.2) is 24.1 Å². The van der Waals surface area contributed by atoms with Crippen molar-refractivity contribution in [2.45, 2.75) is 0 Å². The Labute approximate surface area is 186 Å². The summed E-state index contributed by atoms with van der Waals surface area (Å²) in [6.07, 6.45) is 5.30. The van der Waals surface area contributed by atoms with Crippen molar-refractivity contribution in [3.05, 3.63) is 89.5 Å². The van der Waals surface area contributed by atoms with Crippen molar-refractivity contribution in [3.8, 4) is 28.5 Å². The molecule has 6 rings (SSSR count). The molecule has 0 spiro atoms. The lowest BCUT2D eigenvalue weighted by molar-refractivity contribution is 0.616. The average molecular weight is 446 g/mol. The van der Waals surface area contributed by atoms with Gasteiger partial charge >= 0.3 is 0 Å². The molecule has 150 valence electrons. The summed E-state index contributed by atoms with van der Waals surface area (Å²) in [7, 11) is 0. The second-order valence-corrected chi connectivity index (χ2v) is 7.87. The van der Waals surface area contributed by atoms with Gasteiger partial charge in [0.1, 0.15) is 28.9 Å². The lowest BCUT2D eigenvalue weighted by Gasteiger charge is -2.10. The molecule has 0 amide bonds. The number of imidazole rings is 1. The normalized spacial score (nSPS) is 11.5. The highest BCUT2D eigenvalue weighted by molar-refractivity contribution is 6.35. The van der Waals surface area contributed by atoms with Crippen LogP contribution in [0.3, 0.4) is 0 Å². The number of halogens is 2. The zero-order valence-corrected chi connectivity index (χ0v) is 17.4. The van der Waals surface area contributed by atoms with E-state index in [4.69, 9.17) is 32.6 Å². The van der Waals surface area contributed by atoms with Crippen LogP contribution in [0.1, 0.15) is 0 Å². The highest BCUT2D eigenvalue weighted by Crippen LogP contribution is 2.37. The van der Waals surface area contributed by atoms with Crippen molar-refractivity contribution < 1.29 is 4.42 Å². The molecule has 0 atom stereocenters. The lowest BCUT2D eigenvalue weighted by Crippen LogP contribution is -2.00. The number of hydrogen-bond donors (Lipinski definition) is 0. The fourth-order valence-corrected chi connectivity index (χ4v) is 4.14. The summed E-state index contributed by atoms with van der Waals surface area (Å²) in [4.78, 5) is 4.84. The number of furan rings is 1. The van der Waals surface area contributed by atoms with Crippen LogP contribution in [0.15, 0.2) is 83.9 Å². The molecule has 6 aromatic rings. The van der Waals surface area contributed by atoms with E-state index in [0.717, 1.165) is 33.6 Å². The monoisotopic (exact) mass is 445 g/mol. The third-order valence-electron chi connectivity index (χ3n) is 5.19. The SMILES string of the molecule is Clc1ccc(Cl)c(-c2nc3ccccn3c2-c2nncn2-c2ccc3occc3c2)c1. The third-order valence-corrected chi connectivity index (χ3v) is 5.75. The fraction of sp³-hybridized carbons (Fsp3) is 0. The molecule has 0 aliphatic heterocycles. The van der Waals surface area contributed by atoms with E-state index in [0.29, 0.717) is 21.6 Å². The molecular weight excluding hydrogens is 433 g/mol. The Bertz CT molecular complexity index is 1580. The number of rotatable bonds is 3. The van der Waals surface area contributed by atoms with Gasteiger partial charge in [-0.15, -0.1) is 10.2 Å². The largest absolute Gasteiger partial charge is 0.464 e. The van der Waals surface area contributed by atoms with Gasteiger partial charge in [0, 0.05) is 27.9 Å². The summed E-state index contributed by atoms with van der Waals surface area (Å²) in [5.41, 5.74) is 4.67. The van der Waals surface area contributed by atoms with Crippen LogP contribution in [0.25, 0.3) is 45.1 Å². The second-order valence-electron chi connectivity index (χ2n) is 7.03. The Kier molecular flexibility index (Phi) is 4.09. The van der Waals surface area contributed by atoms with E-state index in [1.165, 1.54) is 0 Å². The molecule has 4 aromatic heterocycles. The van der Waals surface area contributed by atoms with Crippen LogP contribution in [-0.2, 0) is 0 Å². The average Bonchev–Trinajstić information content (AvgIpc) is 3.52. The Morgan fingerprint density at radius 3 is 2.81 bits per heavy atom. The van der Waals surface area contributed by atoms with E-state index in [2.05, 4.69) is 10.2 Å². The fourth-order valence-electron chi connectivity index (χ4n) is 3.77. The molecule has 8 heteroatoms. The first-order chi connectivity index (χ1) is 15.2. The Morgan fingerprint density at radius 2 is 1.87 bits per heavy atom. The quantitative estimate of drug-likeness (QED) is 0.320. The van der Waals surface area contributed by atoms with Crippen LogP contribution < -0.4 is 0 Å². The van der Waals surface area contributed by atoms with Gasteiger partial charge in [0.2, 0.25) is 0 Å².